The second kappa shape index (κ2) is 6.47. The highest BCUT2D eigenvalue weighted by atomic mass is 19.1. The minimum absolute atomic E-state index is 0.281. The van der Waals surface area contributed by atoms with Crippen LogP contribution in [0.1, 0.15) is 23.2 Å². The maximum Gasteiger partial charge on any atom is 0.152 e. The first-order valence-electron chi connectivity index (χ1n) is 8.11. The molecule has 0 unspecified atom stereocenters. The summed E-state index contributed by atoms with van der Waals surface area (Å²) in [4.78, 5) is 4.42. The van der Waals surface area contributed by atoms with Crippen LogP contribution in [0.4, 0.5) is 8.78 Å². The number of aliphatic imine (C=N–C) groups is 1. The Balaban J connectivity index is 1.73. The zero-order valence-corrected chi connectivity index (χ0v) is 13.4. The summed E-state index contributed by atoms with van der Waals surface area (Å²) in [5, 5.41) is 10.8. The Kier molecular flexibility index (Phi) is 4.01. The van der Waals surface area contributed by atoms with Crippen LogP contribution in [0.2, 0.25) is 0 Å². The van der Waals surface area contributed by atoms with Crippen molar-refractivity contribution in [2.24, 2.45) is 4.99 Å². The summed E-state index contributed by atoms with van der Waals surface area (Å²) in [6.07, 6.45) is 4.61. The van der Waals surface area contributed by atoms with E-state index in [0.717, 1.165) is 25.1 Å². The van der Waals surface area contributed by atoms with Gasteiger partial charge in [-0.25, -0.2) is 8.78 Å². The van der Waals surface area contributed by atoms with Gasteiger partial charge in [0, 0.05) is 24.0 Å². The number of aromatic amines is 1. The fourth-order valence-electron chi connectivity index (χ4n) is 2.84. The van der Waals surface area contributed by atoms with E-state index in [-0.39, 0.29) is 11.6 Å². The number of nitrogens with zero attached hydrogens (tertiary/aromatic N) is 2. The Morgan fingerprint density at radius 1 is 1.04 bits per heavy atom. The number of amidine groups is 1. The Morgan fingerprint density at radius 3 is 2.64 bits per heavy atom. The molecule has 0 spiro atoms. The molecule has 4 rings (SSSR count). The van der Waals surface area contributed by atoms with Crippen molar-refractivity contribution in [1.82, 2.24) is 15.5 Å². The van der Waals surface area contributed by atoms with Crippen LogP contribution in [0.5, 0.6) is 0 Å². The molecule has 2 aromatic carbocycles. The molecule has 1 aliphatic heterocycles. The van der Waals surface area contributed by atoms with Gasteiger partial charge in [0.15, 0.2) is 5.82 Å². The topological polar surface area (TPSA) is 53.1 Å². The van der Waals surface area contributed by atoms with Gasteiger partial charge in [-0.15, -0.1) is 0 Å². The van der Waals surface area contributed by atoms with Crippen LogP contribution in [-0.4, -0.2) is 29.1 Å². The van der Waals surface area contributed by atoms with Gasteiger partial charge in [0.1, 0.15) is 17.2 Å². The molecule has 2 heterocycles. The highest BCUT2D eigenvalue weighted by molar-refractivity contribution is 6.03. The van der Waals surface area contributed by atoms with Gasteiger partial charge in [-0.1, -0.05) is 18.2 Å². The van der Waals surface area contributed by atoms with Crippen LogP contribution >= 0.6 is 0 Å². The van der Waals surface area contributed by atoms with Crippen molar-refractivity contribution >= 4 is 28.9 Å². The molecule has 126 valence electrons. The zero-order valence-electron chi connectivity index (χ0n) is 13.4. The summed E-state index contributed by atoms with van der Waals surface area (Å²) >= 11 is 0. The van der Waals surface area contributed by atoms with Crippen LogP contribution in [-0.2, 0) is 0 Å². The van der Waals surface area contributed by atoms with E-state index in [1.165, 1.54) is 18.2 Å². The van der Waals surface area contributed by atoms with E-state index in [0.29, 0.717) is 28.0 Å². The van der Waals surface area contributed by atoms with E-state index in [1.54, 1.807) is 12.1 Å². The smallest absolute Gasteiger partial charge is 0.152 e. The molecular weight excluding hydrogens is 322 g/mol. The first-order chi connectivity index (χ1) is 12.2. The van der Waals surface area contributed by atoms with Crippen molar-refractivity contribution in [3.8, 4) is 0 Å². The molecule has 0 fully saturated rings. The first-order valence-corrected chi connectivity index (χ1v) is 8.11. The van der Waals surface area contributed by atoms with E-state index >= 15 is 0 Å². The van der Waals surface area contributed by atoms with Gasteiger partial charge >= 0.3 is 0 Å². The molecule has 2 N–H and O–H groups in total. The minimum atomic E-state index is -0.389. The summed E-state index contributed by atoms with van der Waals surface area (Å²) in [6.45, 7) is 1.58. The molecule has 0 saturated carbocycles. The average molecular weight is 338 g/mol. The number of fused-ring (bicyclic) bond motifs is 1. The standard InChI is InChI=1S/C19H16F2N4/c20-14-5-2-12(3-6-14)4-7-17-15-10-13(19-22-8-1-9-23-19)11-16(21)18(15)25-24-17/h2-7,10-11H,1,8-9H2,(H,22,23)(H,24,25). The molecule has 0 amide bonds. The second-order valence-electron chi connectivity index (χ2n) is 5.89. The highest BCUT2D eigenvalue weighted by Crippen LogP contribution is 2.23. The monoisotopic (exact) mass is 338 g/mol. The van der Waals surface area contributed by atoms with Gasteiger partial charge in [0.2, 0.25) is 0 Å². The molecule has 1 aromatic heterocycles. The number of hydrogen-bond donors (Lipinski definition) is 2. The molecule has 1 aliphatic rings. The quantitative estimate of drug-likeness (QED) is 0.764. The maximum absolute atomic E-state index is 14.4. The number of benzene rings is 2. The summed E-state index contributed by atoms with van der Waals surface area (Å²) in [7, 11) is 0. The van der Waals surface area contributed by atoms with Gasteiger partial charge in [0.05, 0.1) is 5.69 Å². The Labute approximate surface area is 143 Å². The lowest BCUT2D eigenvalue weighted by Gasteiger charge is -2.14. The fourth-order valence-corrected chi connectivity index (χ4v) is 2.84. The molecule has 4 nitrogen and oxygen atoms in total. The Morgan fingerprint density at radius 2 is 1.88 bits per heavy atom. The zero-order chi connectivity index (χ0) is 17.2. The van der Waals surface area contributed by atoms with Crippen molar-refractivity contribution in [1.29, 1.82) is 0 Å². The normalized spacial score (nSPS) is 14.7. The molecule has 3 aromatic rings. The predicted octanol–water partition coefficient (Wildman–Crippen LogP) is 3.75. The van der Waals surface area contributed by atoms with Crippen molar-refractivity contribution in [3.05, 3.63) is 64.9 Å². The lowest BCUT2D eigenvalue weighted by atomic mass is 10.1. The lowest BCUT2D eigenvalue weighted by Crippen LogP contribution is -2.30. The van der Waals surface area contributed by atoms with Crippen molar-refractivity contribution in [2.45, 2.75) is 6.42 Å². The van der Waals surface area contributed by atoms with Crippen molar-refractivity contribution < 1.29 is 8.78 Å². The molecule has 6 heteroatoms. The van der Waals surface area contributed by atoms with Gasteiger partial charge in [-0.3, -0.25) is 10.1 Å². The minimum Gasteiger partial charge on any atom is -0.370 e. The number of nitrogens with one attached hydrogen (secondary N) is 2. The summed E-state index contributed by atoms with van der Waals surface area (Å²) in [5.74, 6) is 0.0404. The van der Waals surface area contributed by atoms with Crippen LogP contribution in [0.3, 0.4) is 0 Å². The molecule has 0 radical (unpaired) electrons. The lowest BCUT2D eigenvalue weighted by molar-refractivity contribution is 0.627. The number of aromatic nitrogens is 2. The van der Waals surface area contributed by atoms with Crippen LogP contribution in [0.25, 0.3) is 23.1 Å². The fraction of sp³-hybridized carbons (Fsp3) is 0.158. The first kappa shape index (κ1) is 15.5. The number of H-pyrrole nitrogens is 1. The summed E-state index contributed by atoms with van der Waals surface area (Å²) in [5.41, 5.74) is 2.54. The molecule has 0 aliphatic carbocycles. The number of rotatable bonds is 3. The van der Waals surface area contributed by atoms with Crippen LogP contribution in [0, 0.1) is 11.6 Å². The molecular formula is C19H16F2N4. The van der Waals surface area contributed by atoms with Gasteiger partial charge in [-0.05, 0) is 42.3 Å². The molecule has 0 bridgehead atoms. The summed E-state index contributed by atoms with van der Waals surface area (Å²) in [6, 6.07) is 9.48. The number of hydrogen-bond acceptors (Lipinski definition) is 3. The van der Waals surface area contributed by atoms with Crippen LogP contribution < -0.4 is 5.32 Å². The van der Waals surface area contributed by atoms with Gasteiger partial charge in [0.25, 0.3) is 0 Å². The predicted molar refractivity (Wildman–Crippen MR) is 95.4 cm³/mol. The summed E-state index contributed by atoms with van der Waals surface area (Å²) < 4.78 is 27.4. The number of halogens is 2. The van der Waals surface area contributed by atoms with E-state index in [2.05, 4.69) is 20.5 Å². The SMILES string of the molecule is Fc1ccc(C=Cc2[nH]nc3c(F)cc(C4=NCCCN4)cc23)cc1. The van der Waals surface area contributed by atoms with Gasteiger partial charge in [-0.2, -0.15) is 5.10 Å². The van der Waals surface area contributed by atoms with E-state index < -0.39 is 0 Å². The molecule has 0 saturated heterocycles. The van der Waals surface area contributed by atoms with E-state index in [9.17, 15) is 8.78 Å². The maximum atomic E-state index is 14.4. The van der Waals surface area contributed by atoms with E-state index in [4.69, 9.17) is 0 Å². The average Bonchev–Trinajstić information content (AvgIpc) is 3.06. The van der Waals surface area contributed by atoms with Gasteiger partial charge < -0.3 is 5.32 Å². The highest BCUT2D eigenvalue weighted by Gasteiger charge is 2.14. The molecule has 25 heavy (non-hydrogen) atoms. The third kappa shape index (κ3) is 3.15. The third-order valence-electron chi connectivity index (χ3n) is 4.12. The van der Waals surface area contributed by atoms with Crippen molar-refractivity contribution in [3.63, 3.8) is 0 Å². The van der Waals surface area contributed by atoms with Crippen LogP contribution in [0.15, 0.2) is 41.4 Å². The second-order valence-corrected chi connectivity index (χ2v) is 5.89. The van der Waals surface area contributed by atoms with E-state index in [1.807, 2.05) is 18.2 Å². The molecule has 0 atom stereocenters. The van der Waals surface area contributed by atoms with Crippen molar-refractivity contribution in [2.75, 3.05) is 13.1 Å². The third-order valence-corrected chi connectivity index (χ3v) is 4.12. The Hall–Kier alpha value is -3.02. The Bertz CT molecular complexity index is 971. The largest absolute Gasteiger partial charge is 0.370 e.